The minimum Gasteiger partial charge on any atom is -0.475 e. The predicted octanol–water partition coefficient (Wildman–Crippen LogP) is 2.64. The predicted molar refractivity (Wildman–Crippen MR) is 83.6 cm³/mol. The van der Waals surface area contributed by atoms with E-state index in [4.69, 9.17) is 9.47 Å². The normalized spacial score (nSPS) is 16.6. The van der Waals surface area contributed by atoms with Gasteiger partial charge in [0.25, 0.3) is 5.91 Å². The molecular formula is C16H15NO4S. The van der Waals surface area contributed by atoms with Gasteiger partial charge in [0, 0.05) is 0 Å². The lowest BCUT2D eigenvalue weighted by molar-refractivity contribution is -0.148. The van der Waals surface area contributed by atoms with E-state index in [1.165, 1.54) is 18.4 Å². The fourth-order valence-electron chi connectivity index (χ4n) is 2.40. The maximum absolute atomic E-state index is 12.8. The summed E-state index contributed by atoms with van der Waals surface area (Å²) in [6.45, 7) is 2.04. The Morgan fingerprint density at radius 1 is 1.32 bits per heavy atom. The van der Waals surface area contributed by atoms with E-state index >= 15 is 0 Å². The number of anilines is 1. The van der Waals surface area contributed by atoms with Gasteiger partial charge in [0.2, 0.25) is 6.10 Å². The highest BCUT2D eigenvalue weighted by Gasteiger charge is 2.35. The van der Waals surface area contributed by atoms with Gasteiger partial charge in [-0.05, 0) is 36.1 Å². The number of nitrogens with zero attached hydrogens (tertiary/aromatic N) is 1. The summed E-state index contributed by atoms with van der Waals surface area (Å²) >= 11 is 1.39. The monoisotopic (exact) mass is 317 g/mol. The minimum absolute atomic E-state index is 0.128. The molecule has 0 fully saturated rings. The lowest BCUT2D eigenvalue weighted by Gasteiger charge is -2.33. The summed E-state index contributed by atoms with van der Waals surface area (Å²) in [6, 6.07) is 9.09. The van der Waals surface area contributed by atoms with Crippen molar-refractivity contribution >= 4 is 28.9 Å². The van der Waals surface area contributed by atoms with E-state index in [0.717, 1.165) is 5.56 Å². The lowest BCUT2D eigenvalue weighted by atomic mass is 10.1. The Morgan fingerprint density at radius 3 is 2.77 bits per heavy atom. The molecule has 1 aromatic carbocycles. The summed E-state index contributed by atoms with van der Waals surface area (Å²) in [5, 5.41) is 1.88. The van der Waals surface area contributed by atoms with Gasteiger partial charge in [-0.2, -0.15) is 0 Å². The first kappa shape index (κ1) is 14.6. The zero-order chi connectivity index (χ0) is 15.7. The number of thiophene rings is 1. The number of carbonyl (C=O) groups is 2. The van der Waals surface area contributed by atoms with Crippen molar-refractivity contribution in [1.82, 2.24) is 0 Å². The number of methoxy groups -OCH3 is 1. The van der Waals surface area contributed by atoms with Crippen LogP contribution in [0.2, 0.25) is 0 Å². The van der Waals surface area contributed by atoms with Crippen molar-refractivity contribution in [2.24, 2.45) is 0 Å². The lowest BCUT2D eigenvalue weighted by Crippen LogP contribution is -2.47. The Bertz CT molecular complexity index is 724. The van der Waals surface area contributed by atoms with Crippen LogP contribution in [0, 0.1) is 6.92 Å². The van der Waals surface area contributed by atoms with Crippen molar-refractivity contribution in [3.05, 3.63) is 46.2 Å². The van der Waals surface area contributed by atoms with Crippen molar-refractivity contribution in [3.8, 4) is 5.75 Å². The number of para-hydroxylation sites is 2. The second-order valence-electron chi connectivity index (χ2n) is 4.95. The molecule has 1 aromatic heterocycles. The minimum atomic E-state index is -0.816. The second-order valence-corrected chi connectivity index (χ2v) is 5.86. The molecule has 22 heavy (non-hydrogen) atoms. The quantitative estimate of drug-likeness (QED) is 0.799. The number of hydrogen-bond acceptors (Lipinski definition) is 5. The fraction of sp³-hybridized carbons (Fsp3) is 0.250. The average Bonchev–Trinajstić information content (AvgIpc) is 2.98. The van der Waals surface area contributed by atoms with E-state index in [9.17, 15) is 9.59 Å². The van der Waals surface area contributed by atoms with Crippen LogP contribution < -0.4 is 9.64 Å². The molecule has 0 saturated carbocycles. The fourth-order valence-corrected chi connectivity index (χ4v) is 3.27. The molecule has 0 radical (unpaired) electrons. The van der Waals surface area contributed by atoms with Crippen molar-refractivity contribution in [1.29, 1.82) is 0 Å². The summed E-state index contributed by atoms with van der Waals surface area (Å²) in [7, 11) is 1.31. The molecule has 3 rings (SSSR count). The number of aryl methyl sites for hydroxylation is 1. The van der Waals surface area contributed by atoms with Crippen LogP contribution in [0.5, 0.6) is 5.75 Å². The van der Waals surface area contributed by atoms with Crippen LogP contribution in [0.3, 0.4) is 0 Å². The van der Waals surface area contributed by atoms with Crippen LogP contribution in [-0.4, -0.2) is 31.6 Å². The first-order valence-electron chi connectivity index (χ1n) is 6.81. The van der Waals surface area contributed by atoms with E-state index in [1.54, 1.807) is 17.0 Å². The zero-order valence-corrected chi connectivity index (χ0v) is 13.1. The Hall–Kier alpha value is -2.34. The molecule has 1 amide bonds. The van der Waals surface area contributed by atoms with E-state index in [-0.39, 0.29) is 12.5 Å². The van der Waals surface area contributed by atoms with Crippen molar-refractivity contribution in [2.75, 3.05) is 18.6 Å². The molecule has 1 atom stereocenters. The van der Waals surface area contributed by atoms with Gasteiger partial charge in [0.05, 0.1) is 24.2 Å². The molecule has 2 aromatic rings. The molecule has 2 heterocycles. The van der Waals surface area contributed by atoms with Gasteiger partial charge in [0.1, 0.15) is 5.75 Å². The number of carbonyl (C=O) groups excluding carboxylic acids is 2. The van der Waals surface area contributed by atoms with Gasteiger partial charge in [-0.25, -0.2) is 4.79 Å². The van der Waals surface area contributed by atoms with Crippen LogP contribution in [-0.2, 0) is 9.53 Å². The Kier molecular flexibility index (Phi) is 3.85. The molecule has 114 valence electrons. The third kappa shape index (κ3) is 2.46. The Labute approximate surface area is 132 Å². The molecule has 0 N–H and O–H groups in total. The van der Waals surface area contributed by atoms with Crippen LogP contribution in [0.25, 0.3) is 0 Å². The summed E-state index contributed by atoms with van der Waals surface area (Å²) in [4.78, 5) is 26.9. The SMILES string of the molecule is COC(=O)C1CN(C(=O)c2sccc2C)c2ccccc2O1. The zero-order valence-electron chi connectivity index (χ0n) is 12.2. The number of benzene rings is 1. The highest BCUT2D eigenvalue weighted by molar-refractivity contribution is 7.12. The van der Waals surface area contributed by atoms with Crippen LogP contribution in [0.15, 0.2) is 35.7 Å². The van der Waals surface area contributed by atoms with Crippen molar-refractivity contribution < 1.29 is 19.1 Å². The molecule has 5 nitrogen and oxygen atoms in total. The first-order valence-corrected chi connectivity index (χ1v) is 7.69. The largest absolute Gasteiger partial charge is 0.475 e. The van der Waals surface area contributed by atoms with Gasteiger partial charge in [-0.1, -0.05) is 12.1 Å². The van der Waals surface area contributed by atoms with Crippen molar-refractivity contribution in [3.63, 3.8) is 0 Å². The summed E-state index contributed by atoms with van der Waals surface area (Å²) in [5.74, 6) is -0.112. The third-order valence-corrected chi connectivity index (χ3v) is 4.54. The van der Waals surface area contributed by atoms with E-state index in [1.807, 2.05) is 30.5 Å². The number of fused-ring (bicyclic) bond motifs is 1. The molecule has 1 aliphatic heterocycles. The van der Waals surface area contributed by atoms with Gasteiger partial charge in [-0.3, -0.25) is 9.69 Å². The van der Waals surface area contributed by atoms with Gasteiger partial charge in [0.15, 0.2) is 0 Å². The third-order valence-electron chi connectivity index (χ3n) is 3.54. The number of amides is 1. The molecule has 0 bridgehead atoms. The van der Waals surface area contributed by atoms with Gasteiger partial charge in [-0.15, -0.1) is 11.3 Å². The summed E-state index contributed by atoms with van der Waals surface area (Å²) in [6.07, 6.45) is -0.816. The molecule has 0 spiro atoms. The molecule has 0 aliphatic carbocycles. The second kappa shape index (κ2) is 5.81. The number of ether oxygens (including phenoxy) is 2. The smallest absolute Gasteiger partial charge is 0.348 e. The maximum Gasteiger partial charge on any atom is 0.348 e. The molecule has 1 aliphatic rings. The number of hydrogen-bond donors (Lipinski definition) is 0. The van der Waals surface area contributed by atoms with E-state index in [0.29, 0.717) is 16.3 Å². The Morgan fingerprint density at radius 2 is 2.09 bits per heavy atom. The number of esters is 1. The maximum atomic E-state index is 12.8. The highest BCUT2D eigenvalue weighted by atomic mass is 32.1. The molecule has 1 unspecified atom stereocenters. The van der Waals surface area contributed by atoms with Crippen LogP contribution in [0.1, 0.15) is 15.2 Å². The van der Waals surface area contributed by atoms with Gasteiger partial charge >= 0.3 is 5.97 Å². The summed E-state index contributed by atoms with van der Waals surface area (Å²) < 4.78 is 10.4. The standard InChI is InChI=1S/C16H15NO4S/c1-10-7-8-22-14(10)15(18)17-9-13(16(19)20-2)21-12-6-4-3-5-11(12)17/h3-8,13H,9H2,1-2H3. The number of rotatable bonds is 2. The van der Waals surface area contributed by atoms with E-state index < -0.39 is 12.1 Å². The average molecular weight is 317 g/mol. The molecule has 6 heteroatoms. The molecule has 0 saturated heterocycles. The van der Waals surface area contributed by atoms with Gasteiger partial charge < -0.3 is 9.47 Å². The van der Waals surface area contributed by atoms with Crippen LogP contribution in [0.4, 0.5) is 5.69 Å². The first-order chi connectivity index (χ1) is 10.6. The summed E-state index contributed by atoms with van der Waals surface area (Å²) in [5.41, 5.74) is 1.59. The van der Waals surface area contributed by atoms with E-state index in [2.05, 4.69) is 0 Å². The molecular weight excluding hydrogens is 302 g/mol. The highest BCUT2D eigenvalue weighted by Crippen LogP contribution is 2.35. The van der Waals surface area contributed by atoms with Crippen molar-refractivity contribution in [2.45, 2.75) is 13.0 Å². The van der Waals surface area contributed by atoms with Crippen LogP contribution >= 0.6 is 11.3 Å². The Balaban J connectivity index is 2.00. The topological polar surface area (TPSA) is 55.8 Å².